The number of hydrogen-bond acceptors (Lipinski definition) is 9. The number of benzene rings is 2. The molecular weight excluding hydrogens is 688 g/mol. The second-order valence-corrected chi connectivity index (χ2v) is 14.8. The number of carbonyl (C=O) groups is 3. The molecular formula is C41H56N6O7. The third-order valence-electron chi connectivity index (χ3n) is 9.12. The fourth-order valence-corrected chi connectivity index (χ4v) is 5.85. The summed E-state index contributed by atoms with van der Waals surface area (Å²) < 4.78 is 16.3. The predicted octanol–water partition coefficient (Wildman–Crippen LogP) is 6.13. The van der Waals surface area contributed by atoms with Gasteiger partial charge in [-0.3, -0.25) is 4.79 Å². The summed E-state index contributed by atoms with van der Waals surface area (Å²) in [7, 11) is 1.67. The molecule has 0 saturated heterocycles. The second-order valence-electron chi connectivity index (χ2n) is 14.8. The zero-order chi connectivity index (χ0) is 39.2. The van der Waals surface area contributed by atoms with E-state index < -0.39 is 36.4 Å². The first kappa shape index (κ1) is 41.6. The Hall–Kier alpha value is -5.17. The van der Waals surface area contributed by atoms with E-state index in [0.29, 0.717) is 37.5 Å². The Balaban J connectivity index is 1.44. The number of urea groups is 1. The van der Waals surface area contributed by atoms with E-state index in [4.69, 9.17) is 13.7 Å². The molecule has 4 amide bonds. The molecule has 2 heterocycles. The first-order chi connectivity index (χ1) is 25.8. The Morgan fingerprint density at radius 3 is 2.09 bits per heavy atom. The van der Waals surface area contributed by atoms with Gasteiger partial charge in [0.15, 0.2) is 18.3 Å². The van der Waals surface area contributed by atoms with Crippen molar-refractivity contribution in [2.45, 2.75) is 110 Å². The van der Waals surface area contributed by atoms with Crippen LogP contribution < -0.4 is 16.0 Å². The minimum atomic E-state index is -1.09. The van der Waals surface area contributed by atoms with Crippen LogP contribution in [0.2, 0.25) is 0 Å². The summed E-state index contributed by atoms with van der Waals surface area (Å²) in [6, 6.07) is 18.3. The minimum Gasteiger partial charge on any atom is -0.448 e. The van der Waals surface area contributed by atoms with Crippen molar-refractivity contribution in [3.63, 3.8) is 0 Å². The van der Waals surface area contributed by atoms with Gasteiger partial charge in [-0.05, 0) is 42.2 Å². The standard InChI is InChI=1S/C41H56N6O7/c1-26(2)34-23-33(54-46-34)25-53-41(51)44-35(21-30-16-12-9-13-17-30)36(48)22-32(20-29-14-10-8-11-15-29)42-38(49)37(27(3)4)45-40(50)47(7)19-18-31-24-52-39(43-31)28(5)6/h8-17,23-24,26-28,32,35-37,48H,18-22,25H2,1-7H3,(H,42,49)(H,44,51)(H,45,50)/t32-,35-,36-,37-/m0/s1. The van der Waals surface area contributed by atoms with Crippen LogP contribution in [0.4, 0.5) is 9.59 Å². The number of rotatable bonds is 19. The van der Waals surface area contributed by atoms with Gasteiger partial charge >= 0.3 is 12.1 Å². The van der Waals surface area contributed by atoms with Crippen molar-refractivity contribution in [3.05, 3.63) is 107 Å². The number of carbonyl (C=O) groups excluding carboxylic acids is 3. The molecule has 54 heavy (non-hydrogen) atoms. The number of nitrogens with one attached hydrogen (secondary N) is 3. The van der Waals surface area contributed by atoms with Gasteiger partial charge in [0.05, 0.1) is 23.5 Å². The Kier molecular flexibility index (Phi) is 15.7. The minimum absolute atomic E-state index is 0.104. The molecule has 0 saturated carbocycles. The average molecular weight is 745 g/mol. The third-order valence-corrected chi connectivity index (χ3v) is 9.12. The van der Waals surface area contributed by atoms with Gasteiger partial charge in [0, 0.05) is 38.0 Å². The molecule has 0 aliphatic carbocycles. The number of aliphatic hydroxyl groups excluding tert-OH is 1. The van der Waals surface area contributed by atoms with Gasteiger partial charge in [0.1, 0.15) is 12.3 Å². The Bertz CT molecular complexity index is 1740. The summed E-state index contributed by atoms with van der Waals surface area (Å²) in [6.07, 6.45) is 1.12. The quantitative estimate of drug-likeness (QED) is 0.0881. The first-order valence-electron chi connectivity index (χ1n) is 18.7. The van der Waals surface area contributed by atoms with Gasteiger partial charge < -0.3 is 39.6 Å². The largest absolute Gasteiger partial charge is 0.448 e. The topological polar surface area (TPSA) is 172 Å². The highest BCUT2D eigenvalue weighted by atomic mass is 16.6. The fraction of sp³-hybridized carbons (Fsp3) is 0.488. The maximum atomic E-state index is 13.9. The lowest BCUT2D eigenvalue weighted by Crippen LogP contribution is -2.56. The molecule has 0 radical (unpaired) electrons. The van der Waals surface area contributed by atoms with E-state index in [9.17, 15) is 19.5 Å². The summed E-state index contributed by atoms with van der Waals surface area (Å²) in [5, 5.41) is 24.6. The second kappa shape index (κ2) is 20.3. The van der Waals surface area contributed by atoms with Gasteiger partial charge in [-0.1, -0.05) is 107 Å². The molecule has 0 unspecified atom stereocenters. The fourth-order valence-electron chi connectivity index (χ4n) is 5.85. The van der Waals surface area contributed by atoms with Crippen LogP contribution in [0.5, 0.6) is 0 Å². The van der Waals surface area contributed by atoms with E-state index in [1.54, 1.807) is 19.4 Å². The molecule has 13 heteroatoms. The van der Waals surface area contributed by atoms with Crippen LogP contribution in [0, 0.1) is 5.92 Å². The Morgan fingerprint density at radius 2 is 1.52 bits per heavy atom. The van der Waals surface area contributed by atoms with E-state index in [1.807, 2.05) is 102 Å². The number of aliphatic hydroxyl groups is 1. The lowest BCUT2D eigenvalue weighted by Gasteiger charge is -2.30. The molecule has 0 bridgehead atoms. The van der Waals surface area contributed by atoms with Crippen LogP contribution >= 0.6 is 0 Å². The number of ether oxygens (including phenoxy) is 1. The van der Waals surface area contributed by atoms with Crippen molar-refractivity contribution < 1.29 is 33.2 Å². The molecule has 0 spiro atoms. The van der Waals surface area contributed by atoms with Crippen LogP contribution in [-0.2, 0) is 35.4 Å². The van der Waals surface area contributed by atoms with Crippen molar-refractivity contribution in [1.29, 1.82) is 0 Å². The molecule has 4 atom stereocenters. The molecule has 4 N–H and O–H groups in total. The molecule has 2 aromatic carbocycles. The van der Waals surface area contributed by atoms with Crippen LogP contribution in [0.1, 0.15) is 94.0 Å². The maximum absolute atomic E-state index is 13.9. The molecule has 292 valence electrons. The van der Waals surface area contributed by atoms with Gasteiger partial charge in [-0.15, -0.1) is 0 Å². The lowest BCUT2D eigenvalue weighted by molar-refractivity contribution is -0.124. The van der Waals surface area contributed by atoms with Crippen molar-refractivity contribution in [2.24, 2.45) is 5.92 Å². The van der Waals surface area contributed by atoms with Crippen LogP contribution in [0.15, 0.2) is 81.9 Å². The molecule has 0 fully saturated rings. The first-order valence-corrected chi connectivity index (χ1v) is 18.7. The van der Waals surface area contributed by atoms with E-state index >= 15 is 0 Å². The summed E-state index contributed by atoms with van der Waals surface area (Å²) in [5.74, 6) is 0.763. The third kappa shape index (κ3) is 13.0. The van der Waals surface area contributed by atoms with Crippen LogP contribution in [0.3, 0.4) is 0 Å². The van der Waals surface area contributed by atoms with Crippen molar-refractivity contribution >= 4 is 18.0 Å². The van der Waals surface area contributed by atoms with E-state index in [2.05, 4.69) is 26.1 Å². The number of amides is 4. The van der Waals surface area contributed by atoms with Gasteiger partial charge in [-0.25, -0.2) is 14.6 Å². The number of aromatic nitrogens is 2. The van der Waals surface area contributed by atoms with Crippen molar-refractivity contribution in [2.75, 3.05) is 13.6 Å². The lowest BCUT2D eigenvalue weighted by atomic mass is 9.93. The zero-order valence-corrected chi connectivity index (χ0v) is 32.5. The van der Waals surface area contributed by atoms with Crippen LogP contribution in [0.25, 0.3) is 0 Å². The Labute approximate surface area is 318 Å². The Morgan fingerprint density at radius 1 is 0.870 bits per heavy atom. The number of nitrogens with zero attached hydrogens (tertiary/aromatic N) is 3. The van der Waals surface area contributed by atoms with Gasteiger partial charge in [-0.2, -0.15) is 0 Å². The number of likely N-dealkylation sites (N-methyl/N-ethyl adjacent to an activating group) is 1. The predicted molar refractivity (Wildman–Crippen MR) is 205 cm³/mol. The summed E-state index contributed by atoms with van der Waals surface area (Å²) in [5.41, 5.74) is 3.36. The van der Waals surface area contributed by atoms with Crippen molar-refractivity contribution in [1.82, 2.24) is 31.0 Å². The number of alkyl carbamates (subject to hydrolysis) is 1. The van der Waals surface area contributed by atoms with Gasteiger partial charge in [0.2, 0.25) is 5.91 Å². The monoisotopic (exact) mass is 744 g/mol. The highest BCUT2D eigenvalue weighted by Crippen LogP contribution is 2.18. The smallest absolute Gasteiger partial charge is 0.407 e. The van der Waals surface area contributed by atoms with E-state index in [-0.39, 0.29) is 36.7 Å². The van der Waals surface area contributed by atoms with E-state index in [1.165, 1.54) is 4.90 Å². The molecule has 0 aliphatic rings. The summed E-state index contributed by atoms with van der Waals surface area (Å²) in [6.45, 7) is 12.0. The SMILES string of the molecule is CC(C)c1cc(COC(=O)N[C@@H](Cc2ccccc2)[C@@H](O)C[C@H](Cc2ccccc2)NC(=O)[C@@H](NC(=O)N(C)CCc2coc(C(C)C)n2)C(C)C)on1. The number of oxazole rings is 1. The summed E-state index contributed by atoms with van der Waals surface area (Å²) >= 11 is 0. The highest BCUT2D eigenvalue weighted by molar-refractivity contribution is 5.87. The van der Waals surface area contributed by atoms with E-state index in [0.717, 1.165) is 22.5 Å². The number of hydrogen-bond donors (Lipinski definition) is 4. The molecule has 4 aromatic rings. The maximum Gasteiger partial charge on any atom is 0.407 e. The molecule has 4 rings (SSSR count). The highest BCUT2D eigenvalue weighted by Gasteiger charge is 2.31. The average Bonchev–Trinajstić information content (AvgIpc) is 3.83. The van der Waals surface area contributed by atoms with Gasteiger partial charge in [0.25, 0.3) is 0 Å². The van der Waals surface area contributed by atoms with Crippen LogP contribution in [-0.4, -0.2) is 76.0 Å². The molecule has 0 aliphatic heterocycles. The molecule has 13 nitrogen and oxygen atoms in total. The van der Waals surface area contributed by atoms with Crippen molar-refractivity contribution in [3.8, 4) is 0 Å². The summed E-state index contributed by atoms with van der Waals surface area (Å²) in [4.78, 5) is 46.3. The zero-order valence-electron chi connectivity index (χ0n) is 32.5. The normalized spacial score (nSPS) is 13.7. The molecule has 2 aromatic heterocycles.